The largest absolute Gasteiger partial charge is 0.338 e. The molecule has 0 aliphatic carbocycles. The lowest BCUT2D eigenvalue weighted by molar-refractivity contribution is -0.384. The van der Waals surface area contributed by atoms with Crippen molar-refractivity contribution in [3.63, 3.8) is 0 Å². The molecule has 0 bridgehead atoms. The number of rotatable bonds is 5. The van der Waals surface area contributed by atoms with E-state index in [9.17, 15) is 14.9 Å². The summed E-state index contributed by atoms with van der Waals surface area (Å²) in [6, 6.07) is 15.8. The molecule has 0 N–H and O–H groups in total. The zero-order valence-corrected chi connectivity index (χ0v) is 12.2. The maximum absolute atomic E-state index is 12.0. The Morgan fingerprint density at radius 2 is 1.77 bits per heavy atom. The molecule has 0 unspecified atom stereocenters. The zero-order valence-electron chi connectivity index (χ0n) is 12.2. The molecule has 0 saturated heterocycles. The highest BCUT2D eigenvalue weighted by atomic mass is 16.6. The average molecular weight is 296 g/mol. The molecule has 0 heterocycles. The predicted molar refractivity (Wildman–Crippen MR) is 85.0 cm³/mol. The second kappa shape index (κ2) is 7.17. The Morgan fingerprint density at radius 3 is 2.36 bits per heavy atom. The molecular weight excluding hydrogens is 280 g/mol. The van der Waals surface area contributed by atoms with Crippen molar-refractivity contribution in [1.82, 2.24) is 4.90 Å². The third-order valence-electron chi connectivity index (χ3n) is 3.16. The molecule has 0 aliphatic rings. The van der Waals surface area contributed by atoms with E-state index >= 15 is 0 Å². The fourth-order valence-electron chi connectivity index (χ4n) is 1.94. The molecule has 2 aromatic rings. The smallest absolute Gasteiger partial charge is 0.269 e. The highest BCUT2D eigenvalue weighted by Gasteiger charge is 2.06. The average Bonchev–Trinajstić information content (AvgIpc) is 2.53. The number of likely N-dealkylation sites (N-methyl/N-ethyl adjacent to an activating group) is 1. The van der Waals surface area contributed by atoms with Crippen LogP contribution in [0.25, 0.3) is 6.08 Å². The number of hydrogen-bond acceptors (Lipinski definition) is 3. The van der Waals surface area contributed by atoms with Crippen molar-refractivity contribution in [2.75, 3.05) is 7.05 Å². The summed E-state index contributed by atoms with van der Waals surface area (Å²) >= 11 is 0. The van der Waals surface area contributed by atoms with Crippen LogP contribution in [-0.2, 0) is 11.3 Å². The van der Waals surface area contributed by atoms with Gasteiger partial charge in [-0.1, -0.05) is 30.3 Å². The van der Waals surface area contributed by atoms with Gasteiger partial charge < -0.3 is 4.90 Å². The predicted octanol–water partition coefficient (Wildman–Crippen LogP) is 3.27. The number of hydrogen-bond donors (Lipinski definition) is 0. The Bertz CT molecular complexity index is 679. The number of amides is 1. The Balaban J connectivity index is 1.97. The second-order valence-corrected chi connectivity index (χ2v) is 4.86. The number of carbonyl (C=O) groups is 1. The minimum atomic E-state index is -0.452. The number of benzene rings is 2. The summed E-state index contributed by atoms with van der Waals surface area (Å²) in [6.45, 7) is 0.532. The monoisotopic (exact) mass is 296 g/mol. The van der Waals surface area contributed by atoms with Crippen molar-refractivity contribution < 1.29 is 9.72 Å². The van der Waals surface area contributed by atoms with Gasteiger partial charge in [0.25, 0.3) is 5.69 Å². The van der Waals surface area contributed by atoms with Gasteiger partial charge in [-0.3, -0.25) is 14.9 Å². The molecule has 0 fully saturated rings. The lowest BCUT2D eigenvalue weighted by Gasteiger charge is -2.14. The summed E-state index contributed by atoms with van der Waals surface area (Å²) < 4.78 is 0. The van der Waals surface area contributed by atoms with Crippen molar-refractivity contribution in [2.45, 2.75) is 6.54 Å². The van der Waals surface area contributed by atoms with Gasteiger partial charge in [0.05, 0.1) is 4.92 Å². The summed E-state index contributed by atoms with van der Waals surface area (Å²) in [7, 11) is 1.73. The lowest BCUT2D eigenvalue weighted by Crippen LogP contribution is -2.23. The first-order chi connectivity index (χ1) is 10.6. The first-order valence-electron chi connectivity index (χ1n) is 6.78. The maximum atomic E-state index is 12.0. The quantitative estimate of drug-likeness (QED) is 0.483. The molecule has 1 amide bonds. The van der Waals surface area contributed by atoms with Gasteiger partial charge in [0.2, 0.25) is 5.91 Å². The van der Waals surface area contributed by atoms with Gasteiger partial charge in [-0.15, -0.1) is 0 Å². The fraction of sp³-hybridized carbons (Fsp3) is 0.118. The van der Waals surface area contributed by atoms with Gasteiger partial charge in [-0.2, -0.15) is 0 Å². The standard InChI is InChI=1S/C17H16N2O3/c1-18(13-15-5-3-2-4-6-15)17(20)12-9-14-7-10-16(11-8-14)19(21)22/h2-12H,13H2,1H3/b12-9+. The van der Waals surface area contributed by atoms with Crippen LogP contribution in [0.4, 0.5) is 5.69 Å². The highest BCUT2D eigenvalue weighted by Crippen LogP contribution is 2.13. The Morgan fingerprint density at radius 1 is 1.14 bits per heavy atom. The van der Waals surface area contributed by atoms with Crippen LogP contribution in [0.5, 0.6) is 0 Å². The topological polar surface area (TPSA) is 63.5 Å². The van der Waals surface area contributed by atoms with Crippen molar-refractivity contribution in [3.8, 4) is 0 Å². The normalized spacial score (nSPS) is 10.6. The highest BCUT2D eigenvalue weighted by molar-refractivity contribution is 5.91. The van der Waals surface area contributed by atoms with E-state index in [2.05, 4.69) is 0 Å². The van der Waals surface area contributed by atoms with Crippen molar-refractivity contribution >= 4 is 17.7 Å². The van der Waals surface area contributed by atoms with E-state index in [4.69, 9.17) is 0 Å². The van der Waals surface area contributed by atoms with Crippen LogP contribution in [0.1, 0.15) is 11.1 Å². The molecule has 0 aromatic heterocycles. The van der Waals surface area contributed by atoms with Gasteiger partial charge in [-0.05, 0) is 29.3 Å². The third-order valence-corrected chi connectivity index (χ3v) is 3.16. The van der Waals surface area contributed by atoms with E-state index in [0.717, 1.165) is 11.1 Å². The van der Waals surface area contributed by atoms with Gasteiger partial charge in [-0.25, -0.2) is 0 Å². The Kier molecular flexibility index (Phi) is 5.03. The SMILES string of the molecule is CN(Cc1ccccc1)C(=O)/C=C/c1ccc([N+](=O)[O-])cc1. The molecule has 112 valence electrons. The molecule has 0 saturated carbocycles. The molecule has 0 radical (unpaired) electrons. The van der Waals surface area contributed by atoms with Crippen molar-refractivity contribution in [1.29, 1.82) is 0 Å². The van der Waals surface area contributed by atoms with E-state index in [1.54, 1.807) is 30.2 Å². The maximum Gasteiger partial charge on any atom is 0.269 e. The minimum absolute atomic E-state index is 0.0321. The van der Waals surface area contributed by atoms with Gasteiger partial charge >= 0.3 is 0 Å². The number of non-ortho nitro benzene ring substituents is 1. The summed E-state index contributed by atoms with van der Waals surface area (Å²) in [5.74, 6) is -0.123. The summed E-state index contributed by atoms with van der Waals surface area (Å²) in [4.78, 5) is 23.8. The molecule has 0 spiro atoms. The van der Waals surface area contributed by atoms with E-state index in [0.29, 0.717) is 6.54 Å². The number of nitro benzene ring substituents is 1. The van der Waals surface area contributed by atoms with E-state index in [1.165, 1.54) is 18.2 Å². The van der Waals surface area contributed by atoms with Crippen molar-refractivity contribution in [2.24, 2.45) is 0 Å². The van der Waals surface area contributed by atoms with Crippen LogP contribution < -0.4 is 0 Å². The summed E-state index contributed by atoms with van der Waals surface area (Å²) in [5.41, 5.74) is 1.83. The number of nitrogens with zero attached hydrogens (tertiary/aromatic N) is 2. The first-order valence-corrected chi connectivity index (χ1v) is 6.78. The summed E-state index contributed by atoms with van der Waals surface area (Å²) in [5, 5.41) is 10.6. The van der Waals surface area contributed by atoms with E-state index < -0.39 is 4.92 Å². The van der Waals surface area contributed by atoms with Crippen LogP contribution in [0.2, 0.25) is 0 Å². The fourth-order valence-corrected chi connectivity index (χ4v) is 1.94. The second-order valence-electron chi connectivity index (χ2n) is 4.86. The van der Waals surface area contributed by atoms with Gasteiger partial charge in [0, 0.05) is 31.8 Å². The van der Waals surface area contributed by atoms with Crippen LogP contribution in [0.3, 0.4) is 0 Å². The third kappa shape index (κ3) is 4.28. The number of nitro groups is 1. The zero-order chi connectivity index (χ0) is 15.9. The molecule has 0 atom stereocenters. The van der Waals surface area contributed by atoms with Crippen LogP contribution >= 0.6 is 0 Å². The van der Waals surface area contributed by atoms with E-state index in [-0.39, 0.29) is 11.6 Å². The number of carbonyl (C=O) groups excluding carboxylic acids is 1. The van der Waals surface area contributed by atoms with Crippen LogP contribution in [0.15, 0.2) is 60.7 Å². The van der Waals surface area contributed by atoms with Crippen molar-refractivity contribution in [3.05, 3.63) is 81.9 Å². The van der Waals surface area contributed by atoms with Gasteiger partial charge in [0.15, 0.2) is 0 Å². The molecule has 5 nitrogen and oxygen atoms in total. The Hall–Kier alpha value is -2.95. The molecule has 2 aromatic carbocycles. The lowest BCUT2D eigenvalue weighted by atomic mass is 10.2. The molecule has 22 heavy (non-hydrogen) atoms. The van der Waals surface area contributed by atoms with Crippen LogP contribution in [0, 0.1) is 10.1 Å². The molecular formula is C17H16N2O3. The minimum Gasteiger partial charge on any atom is -0.338 e. The first kappa shape index (κ1) is 15.4. The van der Waals surface area contributed by atoms with Crippen LogP contribution in [-0.4, -0.2) is 22.8 Å². The van der Waals surface area contributed by atoms with E-state index in [1.807, 2.05) is 30.3 Å². The van der Waals surface area contributed by atoms with Gasteiger partial charge in [0.1, 0.15) is 0 Å². The summed E-state index contributed by atoms with van der Waals surface area (Å²) in [6.07, 6.45) is 3.11. The molecule has 0 aliphatic heterocycles. The molecule has 5 heteroatoms. The molecule has 2 rings (SSSR count). The Labute approximate surface area is 128 Å².